The summed E-state index contributed by atoms with van der Waals surface area (Å²) in [7, 11) is 0. The van der Waals surface area contributed by atoms with Gasteiger partial charge in [-0.15, -0.1) is 0 Å². The van der Waals surface area contributed by atoms with Crippen LogP contribution in [0.2, 0.25) is 0 Å². The number of rotatable bonds is 10. The van der Waals surface area contributed by atoms with Crippen LogP contribution >= 0.6 is 0 Å². The van der Waals surface area contributed by atoms with Crippen LogP contribution in [0, 0.1) is 0 Å². The van der Waals surface area contributed by atoms with E-state index in [1.54, 1.807) is 0 Å². The summed E-state index contributed by atoms with van der Waals surface area (Å²) in [6, 6.07) is 0.614. The molecule has 0 saturated carbocycles. The summed E-state index contributed by atoms with van der Waals surface area (Å²) in [5, 5.41) is 6.96. The van der Waals surface area contributed by atoms with Gasteiger partial charge < -0.3 is 10.6 Å². The number of nitrogens with one attached hydrogen (secondary N) is 2. The lowest BCUT2D eigenvalue weighted by Crippen LogP contribution is -2.37. The highest BCUT2D eigenvalue weighted by Crippen LogP contribution is 1.97. The third-order valence-corrected chi connectivity index (χ3v) is 2.40. The lowest BCUT2D eigenvalue weighted by Gasteiger charge is -2.14. The fourth-order valence-electron chi connectivity index (χ4n) is 1.47. The second-order valence-electron chi connectivity index (χ2n) is 4.12. The highest BCUT2D eigenvalue weighted by atomic mass is 15.0. The van der Waals surface area contributed by atoms with Crippen LogP contribution in [0.5, 0.6) is 0 Å². The topological polar surface area (TPSA) is 24.1 Å². The first kappa shape index (κ1) is 13.9. The number of unbranched alkanes of at least 4 members (excludes halogenated alkanes) is 3. The second kappa shape index (κ2) is 11.0. The molecule has 0 heterocycles. The van der Waals surface area contributed by atoms with Gasteiger partial charge in [-0.2, -0.15) is 0 Å². The Kier molecular flexibility index (Phi) is 10.9. The summed E-state index contributed by atoms with van der Waals surface area (Å²) in [5.41, 5.74) is 0. The highest BCUT2D eigenvalue weighted by molar-refractivity contribution is 4.63. The van der Waals surface area contributed by atoms with Gasteiger partial charge in [0.25, 0.3) is 0 Å². The van der Waals surface area contributed by atoms with Crippen molar-refractivity contribution in [3.05, 3.63) is 0 Å². The van der Waals surface area contributed by atoms with Crippen LogP contribution in [-0.2, 0) is 0 Å². The van der Waals surface area contributed by atoms with E-state index < -0.39 is 0 Å². The maximum atomic E-state index is 3.54. The number of hydrogen-bond acceptors (Lipinski definition) is 2. The monoisotopic (exact) mass is 200 g/mol. The van der Waals surface area contributed by atoms with E-state index in [0.717, 1.165) is 13.1 Å². The summed E-state index contributed by atoms with van der Waals surface area (Å²) in [6.45, 7) is 10.1. The molecule has 86 valence electrons. The largest absolute Gasteiger partial charge is 0.315 e. The average molecular weight is 200 g/mol. The molecule has 2 nitrogen and oxygen atoms in total. The van der Waals surface area contributed by atoms with E-state index in [-0.39, 0.29) is 0 Å². The summed E-state index contributed by atoms with van der Waals surface area (Å²) in [4.78, 5) is 0. The van der Waals surface area contributed by atoms with Crippen molar-refractivity contribution < 1.29 is 0 Å². The maximum absolute atomic E-state index is 3.54. The van der Waals surface area contributed by atoms with Crippen molar-refractivity contribution in [3.63, 3.8) is 0 Å². The third kappa shape index (κ3) is 10.0. The lowest BCUT2D eigenvalue weighted by atomic mass is 10.2. The van der Waals surface area contributed by atoms with Gasteiger partial charge in [0, 0.05) is 12.6 Å². The van der Waals surface area contributed by atoms with E-state index in [9.17, 15) is 0 Å². The van der Waals surface area contributed by atoms with E-state index in [2.05, 4.69) is 31.4 Å². The zero-order valence-electron chi connectivity index (χ0n) is 10.2. The average Bonchev–Trinajstić information content (AvgIpc) is 2.18. The zero-order valence-corrected chi connectivity index (χ0v) is 10.2. The summed E-state index contributed by atoms with van der Waals surface area (Å²) >= 11 is 0. The van der Waals surface area contributed by atoms with Crippen LogP contribution in [0.3, 0.4) is 0 Å². The minimum absolute atomic E-state index is 0.614. The standard InChI is InChI=1S/C12H28N2/c1-4-6-7-8-10-14-12(3)11-13-9-5-2/h12-14H,4-11H2,1-3H3. The molecule has 0 aliphatic heterocycles. The van der Waals surface area contributed by atoms with E-state index in [1.165, 1.54) is 38.6 Å². The third-order valence-electron chi connectivity index (χ3n) is 2.40. The van der Waals surface area contributed by atoms with Gasteiger partial charge >= 0.3 is 0 Å². The first-order valence-corrected chi connectivity index (χ1v) is 6.25. The van der Waals surface area contributed by atoms with Crippen LogP contribution < -0.4 is 10.6 Å². The van der Waals surface area contributed by atoms with Crippen molar-refractivity contribution in [2.45, 2.75) is 58.9 Å². The second-order valence-corrected chi connectivity index (χ2v) is 4.12. The normalized spacial score (nSPS) is 13.1. The Morgan fingerprint density at radius 2 is 1.71 bits per heavy atom. The van der Waals surface area contributed by atoms with E-state index in [0.29, 0.717) is 6.04 Å². The van der Waals surface area contributed by atoms with Gasteiger partial charge in [-0.1, -0.05) is 33.1 Å². The van der Waals surface area contributed by atoms with Crippen LogP contribution in [0.15, 0.2) is 0 Å². The van der Waals surface area contributed by atoms with E-state index in [4.69, 9.17) is 0 Å². The smallest absolute Gasteiger partial charge is 0.0164 e. The molecule has 0 aromatic carbocycles. The van der Waals surface area contributed by atoms with Crippen LogP contribution in [0.4, 0.5) is 0 Å². The van der Waals surface area contributed by atoms with Crippen LogP contribution in [0.1, 0.15) is 52.9 Å². The predicted octanol–water partition coefficient (Wildman–Crippen LogP) is 2.54. The Morgan fingerprint density at radius 1 is 0.929 bits per heavy atom. The molecule has 0 aromatic heterocycles. The molecule has 2 N–H and O–H groups in total. The molecule has 0 amide bonds. The molecule has 0 fully saturated rings. The molecule has 14 heavy (non-hydrogen) atoms. The van der Waals surface area contributed by atoms with Gasteiger partial charge in [0.05, 0.1) is 0 Å². The minimum Gasteiger partial charge on any atom is -0.315 e. The molecular weight excluding hydrogens is 172 g/mol. The van der Waals surface area contributed by atoms with Gasteiger partial charge in [-0.25, -0.2) is 0 Å². The van der Waals surface area contributed by atoms with Gasteiger partial charge in [0.2, 0.25) is 0 Å². The fraction of sp³-hybridized carbons (Fsp3) is 1.00. The predicted molar refractivity (Wildman–Crippen MR) is 64.8 cm³/mol. The van der Waals surface area contributed by atoms with E-state index in [1.807, 2.05) is 0 Å². The summed E-state index contributed by atoms with van der Waals surface area (Å²) in [6.07, 6.45) is 6.63. The quantitative estimate of drug-likeness (QED) is 0.530. The fourth-order valence-corrected chi connectivity index (χ4v) is 1.47. The lowest BCUT2D eigenvalue weighted by molar-refractivity contribution is 0.487. The molecule has 0 aliphatic rings. The van der Waals surface area contributed by atoms with Crippen molar-refractivity contribution in [3.8, 4) is 0 Å². The van der Waals surface area contributed by atoms with Crippen molar-refractivity contribution in [1.82, 2.24) is 10.6 Å². The zero-order chi connectivity index (χ0) is 10.6. The Bertz CT molecular complexity index is 104. The van der Waals surface area contributed by atoms with Gasteiger partial charge in [-0.3, -0.25) is 0 Å². The van der Waals surface area contributed by atoms with E-state index >= 15 is 0 Å². The molecule has 0 spiro atoms. The summed E-state index contributed by atoms with van der Waals surface area (Å²) < 4.78 is 0. The molecule has 0 rings (SSSR count). The first-order valence-electron chi connectivity index (χ1n) is 6.25. The molecule has 1 atom stereocenters. The Morgan fingerprint density at radius 3 is 2.36 bits per heavy atom. The molecule has 0 bridgehead atoms. The molecule has 0 aliphatic carbocycles. The molecule has 0 saturated heterocycles. The molecular formula is C12H28N2. The summed E-state index contributed by atoms with van der Waals surface area (Å²) in [5.74, 6) is 0. The molecule has 2 heteroatoms. The van der Waals surface area contributed by atoms with Crippen molar-refractivity contribution in [2.24, 2.45) is 0 Å². The van der Waals surface area contributed by atoms with Gasteiger partial charge in [0.15, 0.2) is 0 Å². The first-order chi connectivity index (χ1) is 6.81. The molecule has 0 radical (unpaired) electrons. The van der Waals surface area contributed by atoms with Crippen LogP contribution in [0.25, 0.3) is 0 Å². The Labute approximate surface area is 89.9 Å². The SMILES string of the molecule is CCCCCCNC(C)CNCCC. The van der Waals surface area contributed by atoms with Gasteiger partial charge in [0.1, 0.15) is 0 Å². The number of hydrogen-bond donors (Lipinski definition) is 2. The molecule has 0 aromatic rings. The van der Waals surface area contributed by atoms with Gasteiger partial charge in [-0.05, 0) is 32.9 Å². The van der Waals surface area contributed by atoms with Crippen LogP contribution in [-0.4, -0.2) is 25.7 Å². The molecule has 1 unspecified atom stereocenters. The van der Waals surface area contributed by atoms with Crippen molar-refractivity contribution in [2.75, 3.05) is 19.6 Å². The highest BCUT2D eigenvalue weighted by Gasteiger charge is 1.98. The Hall–Kier alpha value is -0.0800. The minimum atomic E-state index is 0.614. The van der Waals surface area contributed by atoms with Crippen molar-refractivity contribution in [1.29, 1.82) is 0 Å². The maximum Gasteiger partial charge on any atom is 0.0164 e. The van der Waals surface area contributed by atoms with Crippen molar-refractivity contribution >= 4 is 0 Å². The Balaban J connectivity index is 3.06.